The first-order valence-electron chi connectivity index (χ1n) is 5.83. The molecule has 14 heavy (non-hydrogen) atoms. The molecule has 1 rings (SSSR count). The maximum Gasteiger partial charge on any atom is 0.220 e. The number of hydrogen-bond donors (Lipinski definition) is 2. The summed E-state index contributed by atoms with van der Waals surface area (Å²) in [5.74, 6) is 0.241. The van der Waals surface area contributed by atoms with Crippen molar-refractivity contribution >= 4 is 5.91 Å². The largest absolute Gasteiger partial charge is 0.353 e. The highest BCUT2D eigenvalue weighted by Crippen LogP contribution is 2.04. The first-order chi connectivity index (χ1) is 6.83. The molecule has 0 aromatic heterocycles. The molecule has 0 bridgehead atoms. The molecule has 0 saturated carbocycles. The van der Waals surface area contributed by atoms with Crippen LogP contribution in [0.1, 0.15) is 45.4 Å². The molecule has 0 radical (unpaired) electrons. The van der Waals surface area contributed by atoms with E-state index in [4.69, 9.17) is 0 Å². The van der Waals surface area contributed by atoms with Crippen molar-refractivity contribution < 1.29 is 4.79 Å². The lowest BCUT2D eigenvalue weighted by Gasteiger charge is -2.23. The van der Waals surface area contributed by atoms with E-state index < -0.39 is 0 Å². The number of unbranched alkanes of at least 4 members (excludes halogenated alkanes) is 2. The number of carbonyl (C=O) groups excluding carboxylic acids is 1. The molecule has 1 aliphatic rings. The summed E-state index contributed by atoms with van der Waals surface area (Å²) in [6, 6.07) is 0.422. The Morgan fingerprint density at radius 3 is 2.71 bits per heavy atom. The zero-order valence-electron chi connectivity index (χ0n) is 9.14. The quantitative estimate of drug-likeness (QED) is 0.656. The van der Waals surface area contributed by atoms with Gasteiger partial charge in [-0.05, 0) is 32.4 Å². The second-order valence-electron chi connectivity index (χ2n) is 4.05. The van der Waals surface area contributed by atoms with Gasteiger partial charge in [-0.1, -0.05) is 19.8 Å². The summed E-state index contributed by atoms with van der Waals surface area (Å²) in [5, 5.41) is 6.39. The molecule has 82 valence electrons. The summed E-state index contributed by atoms with van der Waals surface area (Å²) in [6.45, 7) is 4.24. The highest BCUT2D eigenvalue weighted by molar-refractivity contribution is 5.76. The van der Waals surface area contributed by atoms with Gasteiger partial charge >= 0.3 is 0 Å². The Morgan fingerprint density at radius 1 is 1.36 bits per heavy atom. The molecule has 3 heteroatoms. The summed E-state index contributed by atoms with van der Waals surface area (Å²) in [5.41, 5.74) is 0. The number of amides is 1. The fourth-order valence-corrected chi connectivity index (χ4v) is 1.80. The lowest BCUT2D eigenvalue weighted by atomic mass is 10.1. The monoisotopic (exact) mass is 198 g/mol. The van der Waals surface area contributed by atoms with E-state index in [0.29, 0.717) is 12.5 Å². The second kappa shape index (κ2) is 6.82. The van der Waals surface area contributed by atoms with E-state index in [9.17, 15) is 4.79 Å². The third kappa shape index (κ3) is 4.61. The standard InChI is InChI=1S/C11H22N2O/c1-2-3-4-5-11(14)13-10-6-8-12-9-7-10/h10,12H,2-9H2,1H3,(H,13,14). The minimum absolute atomic E-state index is 0.241. The van der Waals surface area contributed by atoms with Crippen LogP contribution in [-0.2, 0) is 4.79 Å². The van der Waals surface area contributed by atoms with Gasteiger partial charge in [0.1, 0.15) is 0 Å². The number of rotatable bonds is 5. The SMILES string of the molecule is CCCCCC(=O)NC1CCNCC1. The normalized spacial score (nSPS) is 18.1. The van der Waals surface area contributed by atoms with Gasteiger partial charge in [-0.25, -0.2) is 0 Å². The van der Waals surface area contributed by atoms with Gasteiger partial charge in [0.25, 0.3) is 0 Å². The van der Waals surface area contributed by atoms with Crippen LogP contribution in [0.2, 0.25) is 0 Å². The molecule has 0 unspecified atom stereocenters. The van der Waals surface area contributed by atoms with Crippen LogP contribution in [0.5, 0.6) is 0 Å². The van der Waals surface area contributed by atoms with Gasteiger partial charge in [0.2, 0.25) is 5.91 Å². The van der Waals surface area contributed by atoms with Gasteiger partial charge < -0.3 is 10.6 Å². The fraction of sp³-hybridized carbons (Fsp3) is 0.909. The highest BCUT2D eigenvalue weighted by atomic mass is 16.1. The predicted molar refractivity (Wildman–Crippen MR) is 58.2 cm³/mol. The smallest absolute Gasteiger partial charge is 0.220 e. The third-order valence-electron chi connectivity index (χ3n) is 2.71. The molecule has 3 nitrogen and oxygen atoms in total. The zero-order chi connectivity index (χ0) is 10.2. The molecule has 0 aliphatic carbocycles. The fourth-order valence-electron chi connectivity index (χ4n) is 1.80. The van der Waals surface area contributed by atoms with Gasteiger partial charge in [0, 0.05) is 12.5 Å². The van der Waals surface area contributed by atoms with E-state index >= 15 is 0 Å². The summed E-state index contributed by atoms with van der Waals surface area (Å²) < 4.78 is 0. The minimum Gasteiger partial charge on any atom is -0.353 e. The van der Waals surface area contributed by atoms with Crippen LogP contribution < -0.4 is 10.6 Å². The predicted octanol–water partition coefficient (Wildman–Crippen LogP) is 1.43. The topological polar surface area (TPSA) is 41.1 Å². The van der Waals surface area contributed by atoms with Crippen LogP contribution in [0.15, 0.2) is 0 Å². The van der Waals surface area contributed by atoms with E-state index in [1.807, 2.05) is 0 Å². The first kappa shape index (κ1) is 11.5. The minimum atomic E-state index is 0.241. The van der Waals surface area contributed by atoms with Gasteiger partial charge in [-0.3, -0.25) is 4.79 Å². The van der Waals surface area contributed by atoms with Crippen molar-refractivity contribution in [1.82, 2.24) is 10.6 Å². The lowest BCUT2D eigenvalue weighted by Crippen LogP contribution is -2.42. The summed E-state index contributed by atoms with van der Waals surface area (Å²) >= 11 is 0. The van der Waals surface area contributed by atoms with E-state index in [1.165, 1.54) is 12.8 Å². The van der Waals surface area contributed by atoms with E-state index in [-0.39, 0.29) is 5.91 Å². The molecule has 2 N–H and O–H groups in total. The van der Waals surface area contributed by atoms with Gasteiger partial charge in [-0.2, -0.15) is 0 Å². The van der Waals surface area contributed by atoms with Crippen LogP contribution in [0.3, 0.4) is 0 Å². The summed E-state index contributed by atoms with van der Waals surface area (Å²) in [4.78, 5) is 11.5. The Bertz CT molecular complexity index is 165. The molecule has 0 aromatic carbocycles. The molecular formula is C11H22N2O. The zero-order valence-corrected chi connectivity index (χ0v) is 9.14. The van der Waals surface area contributed by atoms with Crippen LogP contribution >= 0.6 is 0 Å². The molecule has 0 aromatic rings. The Morgan fingerprint density at radius 2 is 2.07 bits per heavy atom. The number of piperidine rings is 1. The molecule has 0 atom stereocenters. The van der Waals surface area contributed by atoms with Crippen molar-refractivity contribution in [2.45, 2.75) is 51.5 Å². The number of carbonyl (C=O) groups is 1. The van der Waals surface area contributed by atoms with Crippen molar-refractivity contribution in [3.63, 3.8) is 0 Å². The third-order valence-corrected chi connectivity index (χ3v) is 2.71. The first-order valence-corrected chi connectivity index (χ1v) is 5.83. The van der Waals surface area contributed by atoms with Gasteiger partial charge in [0.05, 0.1) is 0 Å². The highest BCUT2D eigenvalue weighted by Gasteiger charge is 2.14. The molecule has 1 heterocycles. The summed E-state index contributed by atoms with van der Waals surface area (Å²) in [7, 11) is 0. The van der Waals surface area contributed by atoms with Crippen LogP contribution in [0, 0.1) is 0 Å². The van der Waals surface area contributed by atoms with Crippen molar-refractivity contribution in [3.8, 4) is 0 Å². The van der Waals surface area contributed by atoms with Crippen LogP contribution in [0.4, 0.5) is 0 Å². The average Bonchev–Trinajstić information content (AvgIpc) is 2.20. The summed E-state index contributed by atoms with van der Waals surface area (Å²) in [6.07, 6.45) is 6.25. The maximum absolute atomic E-state index is 11.5. The lowest BCUT2D eigenvalue weighted by molar-refractivity contribution is -0.122. The van der Waals surface area contributed by atoms with Crippen LogP contribution in [0.25, 0.3) is 0 Å². The van der Waals surface area contributed by atoms with E-state index in [0.717, 1.165) is 32.4 Å². The maximum atomic E-state index is 11.5. The molecule has 1 amide bonds. The van der Waals surface area contributed by atoms with Crippen molar-refractivity contribution in [3.05, 3.63) is 0 Å². The Kier molecular flexibility index (Phi) is 5.60. The Hall–Kier alpha value is -0.570. The molecule has 1 fully saturated rings. The molecular weight excluding hydrogens is 176 g/mol. The molecule has 1 aliphatic heterocycles. The molecule has 1 saturated heterocycles. The second-order valence-corrected chi connectivity index (χ2v) is 4.05. The van der Waals surface area contributed by atoms with Crippen molar-refractivity contribution in [1.29, 1.82) is 0 Å². The van der Waals surface area contributed by atoms with Crippen molar-refractivity contribution in [2.75, 3.05) is 13.1 Å². The van der Waals surface area contributed by atoms with Crippen LogP contribution in [-0.4, -0.2) is 25.0 Å². The molecule has 0 spiro atoms. The van der Waals surface area contributed by atoms with Crippen molar-refractivity contribution in [2.24, 2.45) is 0 Å². The van der Waals surface area contributed by atoms with Gasteiger partial charge in [-0.15, -0.1) is 0 Å². The number of nitrogens with one attached hydrogen (secondary N) is 2. The number of hydrogen-bond acceptors (Lipinski definition) is 2. The van der Waals surface area contributed by atoms with E-state index in [1.54, 1.807) is 0 Å². The van der Waals surface area contributed by atoms with Gasteiger partial charge in [0.15, 0.2) is 0 Å². The van der Waals surface area contributed by atoms with E-state index in [2.05, 4.69) is 17.6 Å². The Labute approximate surface area is 86.6 Å². The average molecular weight is 198 g/mol. The Balaban J connectivity index is 2.06.